The first-order chi connectivity index (χ1) is 8.45. The third-order valence-corrected chi connectivity index (χ3v) is 3.21. The molecule has 2 N–H and O–H groups in total. The molecule has 0 aliphatic carbocycles. The number of aromatic nitrogens is 1. The van der Waals surface area contributed by atoms with Crippen LogP contribution < -0.4 is 4.74 Å². The van der Waals surface area contributed by atoms with Gasteiger partial charge in [-0.25, -0.2) is 0 Å². The molecule has 0 saturated heterocycles. The monoisotopic (exact) mass is 247 g/mol. The van der Waals surface area contributed by atoms with Crippen molar-refractivity contribution < 1.29 is 14.6 Å². The first-order valence-corrected chi connectivity index (χ1v) is 5.82. The van der Waals surface area contributed by atoms with Crippen LogP contribution in [0.5, 0.6) is 5.75 Å². The fraction of sp³-hybridized carbons (Fsp3) is 0.357. The van der Waals surface area contributed by atoms with Crippen LogP contribution >= 0.6 is 0 Å². The molecular weight excluding hydrogens is 230 g/mol. The Bertz CT molecular complexity index is 584. The lowest BCUT2D eigenvalue weighted by atomic mass is 9.80. The van der Waals surface area contributed by atoms with Gasteiger partial charge in [-0.15, -0.1) is 0 Å². The molecule has 0 aliphatic heterocycles. The summed E-state index contributed by atoms with van der Waals surface area (Å²) in [5.74, 6) is -0.0591. The topological polar surface area (TPSA) is 62.3 Å². The van der Waals surface area contributed by atoms with E-state index in [9.17, 15) is 4.79 Å². The van der Waals surface area contributed by atoms with Gasteiger partial charge in [0.1, 0.15) is 5.75 Å². The van der Waals surface area contributed by atoms with Crippen LogP contribution in [0.3, 0.4) is 0 Å². The van der Waals surface area contributed by atoms with Crippen molar-refractivity contribution in [1.82, 2.24) is 4.98 Å². The highest BCUT2D eigenvalue weighted by molar-refractivity contribution is 5.88. The molecule has 96 valence electrons. The van der Waals surface area contributed by atoms with Crippen LogP contribution in [0.15, 0.2) is 24.4 Å². The van der Waals surface area contributed by atoms with Crippen LogP contribution in [0.25, 0.3) is 10.9 Å². The summed E-state index contributed by atoms with van der Waals surface area (Å²) in [5.41, 5.74) is 1.43. The molecule has 4 heteroatoms. The number of aromatic amines is 1. The van der Waals surface area contributed by atoms with E-state index >= 15 is 0 Å². The number of methoxy groups -OCH3 is 1. The third-order valence-electron chi connectivity index (χ3n) is 3.21. The molecule has 1 aromatic heterocycles. The normalized spacial score (nSPS) is 11.7. The number of aliphatic carboxylic acids is 1. The maximum absolute atomic E-state index is 11.0. The molecule has 0 aliphatic rings. The van der Waals surface area contributed by atoms with Crippen LogP contribution in [0.2, 0.25) is 0 Å². The highest BCUT2D eigenvalue weighted by Gasteiger charge is 2.28. The molecule has 0 amide bonds. The first kappa shape index (κ1) is 12.5. The van der Waals surface area contributed by atoms with Crippen molar-refractivity contribution in [3.05, 3.63) is 30.0 Å². The Hall–Kier alpha value is -1.97. The summed E-state index contributed by atoms with van der Waals surface area (Å²) >= 11 is 0. The molecule has 0 bridgehead atoms. The summed E-state index contributed by atoms with van der Waals surface area (Å²) < 4.78 is 5.47. The van der Waals surface area contributed by atoms with Gasteiger partial charge in [0.2, 0.25) is 0 Å². The van der Waals surface area contributed by atoms with Crippen molar-refractivity contribution in [3.8, 4) is 5.75 Å². The van der Waals surface area contributed by atoms with Gasteiger partial charge < -0.3 is 14.8 Å². The number of H-pyrrole nitrogens is 1. The van der Waals surface area contributed by atoms with Gasteiger partial charge in [-0.3, -0.25) is 4.79 Å². The maximum atomic E-state index is 11.0. The van der Waals surface area contributed by atoms with Gasteiger partial charge in [0.15, 0.2) is 0 Å². The number of nitrogens with one attached hydrogen (secondary N) is 1. The van der Waals surface area contributed by atoms with Gasteiger partial charge in [-0.1, -0.05) is 19.9 Å². The maximum Gasteiger partial charge on any atom is 0.304 e. The van der Waals surface area contributed by atoms with Crippen molar-refractivity contribution >= 4 is 16.9 Å². The predicted molar refractivity (Wildman–Crippen MR) is 70.1 cm³/mol. The summed E-state index contributed by atoms with van der Waals surface area (Å²) in [6.07, 6.45) is 1.92. The summed E-state index contributed by atoms with van der Waals surface area (Å²) in [4.78, 5) is 14.1. The molecule has 0 unspecified atom stereocenters. The standard InChI is InChI=1S/C14H17NO3/c1-14(2,8-12(16)17)10-4-5-11-9(6-7-15-11)13(10)18-3/h4-7,15H,8H2,1-3H3,(H,16,17). The highest BCUT2D eigenvalue weighted by Crippen LogP contribution is 2.38. The first-order valence-electron chi connectivity index (χ1n) is 5.82. The molecule has 2 rings (SSSR count). The minimum Gasteiger partial charge on any atom is -0.496 e. The Kier molecular flexibility index (Phi) is 3.03. The number of ether oxygens (including phenoxy) is 1. The van der Waals surface area contributed by atoms with E-state index in [4.69, 9.17) is 9.84 Å². The van der Waals surface area contributed by atoms with E-state index in [-0.39, 0.29) is 6.42 Å². The molecule has 1 heterocycles. The molecule has 4 nitrogen and oxygen atoms in total. The molecule has 0 radical (unpaired) electrons. The zero-order valence-corrected chi connectivity index (χ0v) is 10.8. The number of hydrogen-bond donors (Lipinski definition) is 2. The van der Waals surface area contributed by atoms with E-state index in [0.717, 1.165) is 22.2 Å². The average Bonchev–Trinajstić information content (AvgIpc) is 2.73. The lowest BCUT2D eigenvalue weighted by Crippen LogP contribution is -2.22. The Morgan fingerprint density at radius 2 is 2.11 bits per heavy atom. The van der Waals surface area contributed by atoms with Gasteiger partial charge in [0.05, 0.1) is 13.5 Å². The van der Waals surface area contributed by atoms with E-state index in [0.29, 0.717) is 0 Å². The van der Waals surface area contributed by atoms with Crippen LogP contribution in [0.4, 0.5) is 0 Å². The van der Waals surface area contributed by atoms with Crippen LogP contribution in [0, 0.1) is 0 Å². The van der Waals surface area contributed by atoms with Crippen molar-refractivity contribution in [1.29, 1.82) is 0 Å². The smallest absolute Gasteiger partial charge is 0.304 e. The Balaban J connectivity index is 2.59. The summed E-state index contributed by atoms with van der Waals surface area (Å²) in [7, 11) is 1.61. The molecule has 0 fully saturated rings. The van der Waals surface area contributed by atoms with Crippen molar-refractivity contribution in [2.24, 2.45) is 0 Å². The summed E-state index contributed by atoms with van der Waals surface area (Å²) in [5, 5.41) is 9.98. The van der Waals surface area contributed by atoms with Crippen LogP contribution in [0.1, 0.15) is 25.8 Å². The molecular formula is C14H17NO3. The zero-order valence-electron chi connectivity index (χ0n) is 10.8. The van der Waals surface area contributed by atoms with Crippen LogP contribution in [-0.4, -0.2) is 23.2 Å². The van der Waals surface area contributed by atoms with E-state index in [1.54, 1.807) is 7.11 Å². The lowest BCUT2D eigenvalue weighted by Gasteiger charge is -2.25. The second-order valence-corrected chi connectivity index (χ2v) is 5.04. The van der Waals surface area contributed by atoms with E-state index in [1.807, 2.05) is 38.2 Å². The van der Waals surface area contributed by atoms with Gasteiger partial charge >= 0.3 is 5.97 Å². The number of fused-ring (bicyclic) bond motifs is 1. The van der Waals surface area contributed by atoms with E-state index in [1.165, 1.54) is 0 Å². The summed E-state index contributed by atoms with van der Waals surface area (Å²) in [6.45, 7) is 3.83. The molecule has 18 heavy (non-hydrogen) atoms. The second-order valence-electron chi connectivity index (χ2n) is 5.04. The third kappa shape index (κ3) is 2.06. The minimum absolute atomic E-state index is 0.0687. The SMILES string of the molecule is COc1c(C(C)(C)CC(=O)O)ccc2[nH]ccc12. The number of carboxylic acid groups (broad SMARTS) is 1. The highest BCUT2D eigenvalue weighted by atomic mass is 16.5. The molecule has 0 spiro atoms. The quantitative estimate of drug-likeness (QED) is 0.873. The minimum atomic E-state index is -0.809. The lowest BCUT2D eigenvalue weighted by molar-refractivity contribution is -0.138. The van der Waals surface area contributed by atoms with Crippen LogP contribution in [-0.2, 0) is 10.2 Å². The average molecular weight is 247 g/mol. The van der Waals surface area contributed by atoms with E-state index < -0.39 is 11.4 Å². The predicted octanol–water partition coefficient (Wildman–Crippen LogP) is 2.93. The fourth-order valence-corrected chi connectivity index (χ4v) is 2.33. The van der Waals surface area contributed by atoms with Gasteiger partial charge in [-0.2, -0.15) is 0 Å². The molecule has 1 aromatic carbocycles. The largest absolute Gasteiger partial charge is 0.496 e. The fourth-order valence-electron chi connectivity index (χ4n) is 2.33. The number of carboxylic acids is 1. The number of benzene rings is 1. The molecule has 2 aromatic rings. The van der Waals surface area contributed by atoms with Gasteiger partial charge in [-0.05, 0) is 12.1 Å². The Labute approximate surface area is 106 Å². The van der Waals surface area contributed by atoms with E-state index in [2.05, 4.69) is 4.98 Å². The van der Waals surface area contributed by atoms with Gasteiger partial charge in [0.25, 0.3) is 0 Å². The molecule has 0 atom stereocenters. The number of carbonyl (C=O) groups is 1. The Morgan fingerprint density at radius 3 is 2.72 bits per heavy atom. The zero-order chi connectivity index (χ0) is 13.3. The molecule has 0 saturated carbocycles. The number of rotatable bonds is 4. The number of hydrogen-bond acceptors (Lipinski definition) is 2. The van der Waals surface area contributed by atoms with Crippen molar-refractivity contribution in [2.45, 2.75) is 25.7 Å². The van der Waals surface area contributed by atoms with Gasteiger partial charge in [0, 0.05) is 28.1 Å². The van der Waals surface area contributed by atoms with Crippen molar-refractivity contribution in [2.75, 3.05) is 7.11 Å². The summed E-state index contributed by atoms with van der Waals surface area (Å²) in [6, 6.07) is 5.83. The van der Waals surface area contributed by atoms with Crippen molar-refractivity contribution in [3.63, 3.8) is 0 Å². The Morgan fingerprint density at radius 1 is 1.39 bits per heavy atom. The second kappa shape index (κ2) is 4.37.